The number of likely N-dealkylation sites (tertiary alicyclic amines) is 1. The molecular weight excluding hydrogens is 442 g/mol. The first-order valence-electron chi connectivity index (χ1n) is 12.0. The molecule has 6 nitrogen and oxygen atoms in total. The molecule has 0 radical (unpaired) electrons. The molecule has 0 amide bonds. The normalized spacial score (nSPS) is 20.9. The van der Waals surface area contributed by atoms with Crippen LogP contribution < -0.4 is 9.47 Å². The van der Waals surface area contributed by atoms with Gasteiger partial charge in [-0.15, -0.1) is 0 Å². The van der Waals surface area contributed by atoms with Gasteiger partial charge in [-0.1, -0.05) is 24.3 Å². The van der Waals surface area contributed by atoms with E-state index in [9.17, 15) is 15.3 Å². The fourth-order valence-corrected chi connectivity index (χ4v) is 4.95. The summed E-state index contributed by atoms with van der Waals surface area (Å²) in [5.41, 5.74) is 4.59. The monoisotopic (exact) mass is 473 g/mol. The summed E-state index contributed by atoms with van der Waals surface area (Å²) in [7, 11) is 0. The Bertz CT molecular complexity index is 1240. The number of ether oxygens (including phenoxy) is 2. The Morgan fingerprint density at radius 1 is 1.03 bits per heavy atom. The van der Waals surface area contributed by atoms with Crippen molar-refractivity contribution in [3.8, 4) is 23.0 Å². The summed E-state index contributed by atoms with van der Waals surface area (Å²) < 4.78 is 12.5. The van der Waals surface area contributed by atoms with Crippen LogP contribution in [0, 0.1) is 0 Å². The highest BCUT2D eigenvalue weighted by Crippen LogP contribution is 2.47. The molecule has 2 heterocycles. The summed E-state index contributed by atoms with van der Waals surface area (Å²) in [6, 6.07) is 20.4. The lowest BCUT2D eigenvalue weighted by atomic mass is 9.86. The summed E-state index contributed by atoms with van der Waals surface area (Å²) in [5, 5.41) is 29.9. The van der Waals surface area contributed by atoms with Gasteiger partial charge in [0.2, 0.25) is 0 Å². The van der Waals surface area contributed by atoms with E-state index < -0.39 is 0 Å². The first kappa shape index (κ1) is 23.3. The van der Waals surface area contributed by atoms with Gasteiger partial charge in [0.1, 0.15) is 35.7 Å². The number of phenolic OH excluding ortho intramolecular Hbond substituents is 2. The zero-order valence-corrected chi connectivity index (χ0v) is 20.0. The third kappa shape index (κ3) is 4.85. The number of nitrogens with zero attached hydrogens (tertiary/aromatic N) is 1. The Morgan fingerprint density at radius 3 is 2.51 bits per heavy atom. The van der Waals surface area contributed by atoms with Gasteiger partial charge in [0.15, 0.2) is 0 Å². The molecule has 2 aliphatic rings. The van der Waals surface area contributed by atoms with E-state index in [1.165, 1.54) is 0 Å². The molecule has 1 fully saturated rings. The molecule has 2 unspecified atom stereocenters. The molecule has 0 spiro atoms. The standard InChI is InChI=1S/C29H31NO5/c1-18(30-13-12-24(33)16-30)17-34-25-9-6-20(7-10-25)29-28(21-4-3-5-22(31)14-21)19(2)26-15-23(32)8-11-27(26)35-29/h3-11,14-15,18,24,29,31-33H,12-13,16-17H2,1-2H3/t18-,24?,29?/m0/s1. The molecule has 0 saturated carbocycles. The van der Waals surface area contributed by atoms with Crippen molar-refractivity contribution in [1.29, 1.82) is 0 Å². The highest BCUT2D eigenvalue weighted by atomic mass is 16.5. The molecule has 35 heavy (non-hydrogen) atoms. The second kappa shape index (κ2) is 9.64. The van der Waals surface area contributed by atoms with Crippen LogP contribution in [0.5, 0.6) is 23.0 Å². The van der Waals surface area contributed by atoms with Crippen molar-refractivity contribution < 1.29 is 24.8 Å². The van der Waals surface area contributed by atoms with Crippen LogP contribution in [0.1, 0.15) is 43.1 Å². The SMILES string of the molecule is CC1=C(c2cccc(O)c2)C(c2ccc(OC[C@H](C)N3CCC(O)C3)cc2)Oc2ccc(O)cc21. The molecule has 3 aromatic rings. The topological polar surface area (TPSA) is 82.4 Å². The maximum atomic E-state index is 10.1. The van der Waals surface area contributed by atoms with E-state index in [-0.39, 0.29) is 29.7 Å². The van der Waals surface area contributed by atoms with Crippen molar-refractivity contribution in [3.63, 3.8) is 0 Å². The van der Waals surface area contributed by atoms with Gasteiger partial charge in [0.25, 0.3) is 0 Å². The molecule has 5 rings (SSSR count). The van der Waals surface area contributed by atoms with Gasteiger partial charge in [-0.05, 0) is 79.4 Å². The van der Waals surface area contributed by atoms with E-state index in [0.29, 0.717) is 18.9 Å². The predicted octanol–water partition coefficient (Wildman–Crippen LogP) is 5.00. The predicted molar refractivity (Wildman–Crippen MR) is 136 cm³/mol. The number of fused-ring (bicyclic) bond motifs is 1. The second-order valence-corrected chi connectivity index (χ2v) is 9.43. The number of aliphatic hydroxyl groups excluding tert-OH is 1. The van der Waals surface area contributed by atoms with Crippen LogP contribution in [-0.4, -0.2) is 52.1 Å². The van der Waals surface area contributed by atoms with Crippen LogP contribution in [0.3, 0.4) is 0 Å². The quantitative estimate of drug-likeness (QED) is 0.468. The molecule has 0 bridgehead atoms. The number of hydrogen-bond acceptors (Lipinski definition) is 6. The van der Waals surface area contributed by atoms with Crippen molar-refractivity contribution in [2.45, 2.75) is 38.5 Å². The first-order valence-corrected chi connectivity index (χ1v) is 12.0. The Hall–Kier alpha value is -3.48. The molecular formula is C29H31NO5. The van der Waals surface area contributed by atoms with Crippen LogP contribution in [0.15, 0.2) is 66.7 Å². The average Bonchev–Trinajstić information content (AvgIpc) is 3.29. The molecule has 3 atom stereocenters. The number of rotatable bonds is 6. The maximum Gasteiger partial charge on any atom is 0.150 e. The molecule has 1 saturated heterocycles. The van der Waals surface area contributed by atoms with Crippen LogP contribution in [0.4, 0.5) is 0 Å². The summed E-state index contributed by atoms with van der Waals surface area (Å²) in [4.78, 5) is 2.25. The molecule has 3 aromatic carbocycles. The summed E-state index contributed by atoms with van der Waals surface area (Å²) >= 11 is 0. The van der Waals surface area contributed by atoms with Crippen LogP contribution in [-0.2, 0) is 0 Å². The van der Waals surface area contributed by atoms with Gasteiger partial charge in [0.05, 0.1) is 6.10 Å². The minimum absolute atomic E-state index is 0.180. The molecule has 182 valence electrons. The Labute approximate surface area is 205 Å². The summed E-state index contributed by atoms with van der Waals surface area (Å²) in [6.07, 6.45) is 0.198. The van der Waals surface area contributed by atoms with E-state index in [0.717, 1.165) is 46.6 Å². The van der Waals surface area contributed by atoms with Crippen molar-refractivity contribution in [2.75, 3.05) is 19.7 Å². The fraction of sp³-hybridized carbons (Fsp3) is 0.310. The lowest BCUT2D eigenvalue weighted by Crippen LogP contribution is -2.36. The van der Waals surface area contributed by atoms with E-state index in [4.69, 9.17) is 9.47 Å². The van der Waals surface area contributed by atoms with Gasteiger partial charge < -0.3 is 24.8 Å². The van der Waals surface area contributed by atoms with Gasteiger partial charge in [-0.2, -0.15) is 0 Å². The Balaban J connectivity index is 1.41. The fourth-order valence-electron chi connectivity index (χ4n) is 4.95. The van der Waals surface area contributed by atoms with Crippen molar-refractivity contribution in [3.05, 3.63) is 83.4 Å². The largest absolute Gasteiger partial charge is 0.508 e. The third-order valence-corrected chi connectivity index (χ3v) is 6.93. The average molecular weight is 474 g/mol. The van der Waals surface area contributed by atoms with Crippen molar-refractivity contribution in [1.82, 2.24) is 4.90 Å². The Kier molecular flexibility index (Phi) is 6.41. The Morgan fingerprint density at radius 2 is 1.80 bits per heavy atom. The van der Waals surface area contributed by atoms with E-state index in [1.807, 2.05) is 43.3 Å². The zero-order valence-electron chi connectivity index (χ0n) is 20.0. The van der Waals surface area contributed by atoms with E-state index >= 15 is 0 Å². The van der Waals surface area contributed by atoms with Crippen LogP contribution in [0.25, 0.3) is 11.1 Å². The zero-order chi connectivity index (χ0) is 24.5. The minimum Gasteiger partial charge on any atom is -0.508 e. The first-order chi connectivity index (χ1) is 16.9. The van der Waals surface area contributed by atoms with Crippen LogP contribution in [0.2, 0.25) is 0 Å². The number of hydrogen-bond donors (Lipinski definition) is 3. The number of phenols is 2. The number of allylic oxidation sites excluding steroid dienone is 1. The second-order valence-electron chi connectivity index (χ2n) is 9.43. The number of benzene rings is 3. The summed E-state index contributed by atoms with van der Waals surface area (Å²) in [6.45, 7) is 6.28. The van der Waals surface area contributed by atoms with Crippen molar-refractivity contribution >= 4 is 11.1 Å². The van der Waals surface area contributed by atoms with Gasteiger partial charge >= 0.3 is 0 Å². The third-order valence-electron chi connectivity index (χ3n) is 6.93. The smallest absolute Gasteiger partial charge is 0.150 e. The number of β-amino-alcohol motifs (C(OH)–C–C–N with tert-alkyl or cyclic N) is 1. The highest BCUT2D eigenvalue weighted by molar-refractivity contribution is 5.95. The van der Waals surface area contributed by atoms with Crippen molar-refractivity contribution in [2.24, 2.45) is 0 Å². The highest BCUT2D eigenvalue weighted by Gasteiger charge is 2.30. The number of aliphatic hydroxyl groups is 1. The summed E-state index contributed by atoms with van der Waals surface area (Å²) in [5.74, 6) is 1.85. The molecule has 0 aromatic heterocycles. The van der Waals surface area contributed by atoms with Gasteiger partial charge in [-0.25, -0.2) is 0 Å². The van der Waals surface area contributed by atoms with Gasteiger partial charge in [0, 0.05) is 30.3 Å². The lowest BCUT2D eigenvalue weighted by molar-refractivity contribution is 0.137. The maximum absolute atomic E-state index is 10.1. The molecule has 0 aliphatic carbocycles. The minimum atomic E-state index is -0.382. The molecule has 2 aliphatic heterocycles. The van der Waals surface area contributed by atoms with E-state index in [1.54, 1.807) is 30.3 Å². The van der Waals surface area contributed by atoms with Crippen LogP contribution >= 0.6 is 0 Å². The number of aromatic hydroxyl groups is 2. The molecule has 6 heteroatoms. The van der Waals surface area contributed by atoms with E-state index in [2.05, 4.69) is 11.8 Å². The lowest BCUT2D eigenvalue weighted by Gasteiger charge is -2.31. The van der Waals surface area contributed by atoms with Gasteiger partial charge in [-0.3, -0.25) is 4.90 Å². The molecule has 3 N–H and O–H groups in total.